The van der Waals surface area contributed by atoms with Crippen LogP contribution < -0.4 is 4.74 Å². The van der Waals surface area contributed by atoms with Crippen molar-refractivity contribution in [2.75, 3.05) is 0 Å². The van der Waals surface area contributed by atoms with Crippen molar-refractivity contribution in [3.63, 3.8) is 0 Å². The zero-order chi connectivity index (χ0) is 33.9. The van der Waals surface area contributed by atoms with Gasteiger partial charge < -0.3 is 19.7 Å². The molecule has 0 saturated heterocycles. The molecule has 0 radical (unpaired) electrons. The van der Waals surface area contributed by atoms with Gasteiger partial charge in [-0.25, -0.2) is 15.0 Å². The number of carbonyl (C=O) groups is 1. The second kappa shape index (κ2) is 17.2. The molecule has 0 fully saturated rings. The summed E-state index contributed by atoms with van der Waals surface area (Å²) in [5.74, 6) is 1.60. The zero-order valence-electron chi connectivity index (χ0n) is 28.9. The summed E-state index contributed by atoms with van der Waals surface area (Å²) >= 11 is 0. The number of hydrogen-bond acceptors (Lipinski definition) is 7. The first kappa shape index (κ1) is 35.7. The van der Waals surface area contributed by atoms with E-state index in [1.807, 2.05) is 64.1 Å². The van der Waals surface area contributed by atoms with Gasteiger partial charge in [0.1, 0.15) is 23.9 Å². The van der Waals surface area contributed by atoms with Crippen molar-refractivity contribution in [3.8, 4) is 45.7 Å². The number of rotatable bonds is 17. The fourth-order valence-electron chi connectivity index (χ4n) is 6.48. The van der Waals surface area contributed by atoms with Gasteiger partial charge in [0.25, 0.3) is 0 Å². The minimum atomic E-state index is -0.634. The number of ether oxygens (including phenoxy) is 1. The Morgan fingerprint density at radius 1 is 0.745 bits per heavy atom. The Balaban J connectivity index is 1.65. The van der Waals surface area contributed by atoms with Gasteiger partial charge in [-0.15, -0.1) is 0 Å². The van der Waals surface area contributed by atoms with Crippen LogP contribution in [0.2, 0.25) is 0 Å². The number of aryl methyl sites for hydroxylation is 4. The minimum absolute atomic E-state index is 0.0425. The molecule has 0 aliphatic heterocycles. The van der Waals surface area contributed by atoms with Gasteiger partial charge in [-0.05, 0) is 75.4 Å². The topological polar surface area (TPSA) is 105 Å². The number of aromatic nitrogens is 3. The molecule has 0 amide bonds. The van der Waals surface area contributed by atoms with Crippen LogP contribution in [-0.2, 0) is 4.79 Å². The van der Waals surface area contributed by atoms with E-state index in [2.05, 4.69) is 6.92 Å². The Bertz CT molecular complexity index is 1520. The van der Waals surface area contributed by atoms with Crippen LogP contribution in [0.1, 0.15) is 93.9 Å². The molecule has 2 N–H and O–H groups in total. The molecule has 250 valence electrons. The Hall–Kier alpha value is -4.10. The third-order valence-corrected chi connectivity index (χ3v) is 9.11. The van der Waals surface area contributed by atoms with E-state index >= 15 is 0 Å². The highest BCUT2D eigenvalue weighted by Gasteiger charge is 2.28. The molecule has 3 atom stereocenters. The first-order valence-corrected chi connectivity index (χ1v) is 17.2. The van der Waals surface area contributed by atoms with E-state index in [0.717, 1.165) is 58.9 Å². The average molecular weight is 638 g/mol. The Labute approximate surface area is 280 Å². The molecule has 0 spiro atoms. The van der Waals surface area contributed by atoms with E-state index in [-0.39, 0.29) is 18.1 Å². The maximum absolute atomic E-state index is 11.7. The maximum Gasteiger partial charge on any atom is 0.167 e. The highest BCUT2D eigenvalue weighted by Crippen LogP contribution is 2.36. The van der Waals surface area contributed by atoms with Gasteiger partial charge in [-0.2, -0.15) is 0 Å². The predicted octanol–water partition coefficient (Wildman–Crippen LogP) is 9.29. The van der Waals surface area contributed by atoms with E-state index in [1.165, 1.54) is 32.1 Å². The van der Waals surface area contributed by atoms with Gasteiger partial charge in [0.15, 0.2) is 17.5 Å². The van der Waals surface area contributed by atoms with Crippen LogP contribution in [0.4, 0.5) is 0 Å². The molecule has 0 aliphatic carbocycles. The van der Waals surface area contributed by atoms with Crippen molar-refractivity contribution < 1.29 is 19.7 Å². The standard InChI is InChI=1S/C40H51N3O4/c1-7-8-9-10-11-12-13-20-32(30(6)45)35(23-24-44)47-31-21-22-33(34(46)25-31)38-41-39(36-26(2)16-14-17-27(36)3)43-40(42-38)37-28(4)18-15-19-29(37)5/h14-19,21-22,24-25,30,32,35,45-46H,7-13,20,23H2,1-6H3. The molecule has 47 heavy (non-hydrogen) atoms. The number of carbonyl (C=O) groups excluding carboxylic acids is 1. The number of phenolic OH excluding ortho intramolecular Hbond substituents is 1. The first-order chi connectivity index (χ1) is 22.6. The SMILES string of the molecule is CCCCCCCCCC(C(C)O)C(CC=O)Oc1ccc(-c2nc(-c3c(C)cccc3C)nc(-c3c(C)cccc3C)n2)c(O)c1. The lowest BCUT2D eigenvalue weighted by atomic mass is 9.89. The van der Waals surface area contributed by atoms with Crippen LogP contribution in [0.25, 0.3) is 34.2 Å². The molecular weight excluding hydrogens is 586 g/mol. The van der Waals surface area contributed by atoms with Crippen LogP contribution in [0, 0.1) is 33.6 Å². The second-order valence-electron chi connectivity index (χ2n) is 12.9. The highest BCUT2D eigenvalue weighted by molar-refractivity contribution is 5.74. The Morgan fingerprint density at radius 3 is 1.74 bits per heavy atom. The fraction of sp³-hybridized carbons (Fsp3) is 0.450. The molecule has 7 nitrogen and oxygen atoms in total. The first-order valence-electron chi connectivity index (χ1n) is 17.2. The largest absolute Gasteiger partial charge is 0.507 e. The molecule has 4 aromatic rings. The lowest BCUT2D eigenvalue weighted by Crippen LogP contribution is -2.35. The average Bonchev–Trinajstić information content (AvgIpc) is 3.02. The van der Waals surface area contributed by atoms with Crippen LogP contribution in [0.3, 0.4) is 0 Å². The summed E-state index contributed by atoms with van der Waals surface area (Å²) in [5.41, 5.74) is 6.51. The molecule has 0 saturated carbocycles. The van der Waals surface area contributed by atoms with E-state index in [0.29, 0.717) is 28.8 Å². The van der Waals surface area contributed by atoms with Crippen molar-refractivity contribution in [1.29, 1.82) is 0 Å². The number of unbranched alkanes of at least 4 members (excludes halogenated alkanes) is 6. The molecule has 3 aromatic carbocycles. The number of nitrogens with zero attached hydrogens (tertiary/aromatic N) is 3. The van der Waals surface area contributed by atoms with Gasteiger partial charge in [-0.3, -0.25) is 0 Å². The second-order valence-corrected chi connectivity index (χ2v) is 12.9. The number of hydrogen-bond donors (Lipinski definition) is 2. The molecule has 4 rings (SSSR count). The summed E-state index contributed by atoms with van der Waals surface area (Å²) in [6, 6.07) is 17.2. The summed E-state index contributed by atoms with van der Waals surface area (Å²) in [6.07, 6.45) is 8.83. The number of aliphatic hydroxyl groups is 1. The van der Waals surface area contributed by atoms with Gasteiger partial charge in [-0.1, -0.05) is 88.3 Å². The van der Waals surface area contributed by atoms with Gasteiger partial charge in [0.05, 0.1) is 11.7 Å². The van der Waals surface area contributed by atoms with Crippen molar-refractivity contribution in [1.82, 2.24) is 15.0 Å². The summed E-state index contributed by atoms with van der Waals surface area (Å²) in [6.45, 7) is 12.1. The van der Waals surface area contributed by atoms with Crippen molar-refractivity contribution in [2.24, 2.45) is 5.92 Å². The molecule has 7 heteroatoms. The Kier molecular flexibility index (Phi) is 13.1. The van der Waals surface area contributed by atoms with Crippen LogP contribution in [0.5, 0.6) is 11.5 Å². The molecule has 3 unspecified atom stereocenters. The summed E-state index contributed by atoms with van der Waals surface area (Å²) in [5, 5.41) is 22.0. The van der Waals surface area contributed by atoms with Crippen LogP contribution in [-0.4, -0.2) is 43.7 Å². The van der Waals surface area contributed by atoms with Crippen molar-refractivity contribution in [3.05, 3.63) is 76.9 Å². The number of phenols is 1. The number of aromatic hydroxyl groups is 1. The summed E-state index contributed by atoms with van der Waals surface area (Å²) in [4.78, 5) is 26.4. The predicted molar refractivity (Wildman–Crippen MR) is 190 cm³/mol. The van der Waals surface area contributed by atoms with Crippen molar-refractivity contribution >= 4 is 6.29 Å². The summed E-state index contributed by atoms with van der Waals surface area (Å²) in [7, 11) is 0. The third-order valence-electron chi connectivity index (χ3n) is 9.11. The number of aliphatic hydroxyl groups excluding tert-OH is 1. The fourth-order valence-corrected chi connectivity index (χ4v) is 6.48. The quantitative estimate of drug-likeness (QED) is 0.0878. The van der Waals surface area contributed by atoms with E-state index in [1.54, 1.807) is 25.1 Å². The summed E-state index contributed by atoms with van der Waals surface area (Å²) < 4.78 is 6.30. The van der Waals surface area contributed by atoms with E-state index < -0.39 is 12.2 Å². The number of benzene rings is 3. The number of aldehydes is 1. The lowest BCUT2D eigenvalue weighted by Gasteiger charge is -2.29. The van der Waals surface area contributed by atoms with Gasteiger partial charge >= 0.3 is 0 Å². The lowest BCUT2D eigenvalue weighted by molar-refractivity contribution is -0.110. The molecule has 1 aromatic heterocycles. The van der Waals surface area contributed by atoms with Gasteiger partial charge in [0, 0.05) is 29.5 Å². The Morgan fingerprint density at radius 2 is 1.26 bits per heavy atom. The minimum Gasteiger partial charge on any atom is -0.507 e. The zero-order valence-corrected chi connectivity index (χ0v) is 28.9. The third kappa shape index (κ3) is 9.25. The molecule has 0 aliphatic rings. The highest BCUT2D eigenvalue weighted by atomic mass is 16.5. The molecular formula is C40H51N3O4. The van der Waals surface area contributed by atoms with Crippen LogP contribution in [0.15, 0.2) is 54.6 Å². The maximum atomic E-state index is 11.7. The smallest absolute Gasteiger partial charge is 0.167 e. The van der Waals surface area contributed by atoms with Crippen LogP contribution >= 0.6 is 0 Å². The molecule has 1 heterocycles. The van der Waals surface area contributed by atoms with Crippen molar-refractivity contribution in [2.45, 2.75) is 112 Å². The van der Waals surface area contributed by atoms with E-state index in [4.69, 9.17) is 19.7 Å². The monoisotopic (exact) mass is 637 g/mol. The normalized spacial score (nSPS) is 13.3. The molecule has 0 bridgehead atoms. The van der Waals surface area contributed by atoms with Gasteiger partial charge in [0.2, 0.25) is 0 Å². The van der Waals surface area contributed by atoms with E-state index in [9.17, 15) is 15.0 Å².